The molecule has 0 saturated carbocycles. The van der Waals surface area contributed by atoms with Crippen LogP contribution in [0.1, 0.15) is 16.7 Å². The van der Waals surface area contributed by atoms with Gasteiger partial charge in [0.2, 0.25) is 0 Å². The van der Waals surface area contributed by atoms with Crippen LogP contribution in [0.15, 0.2) is 66.0 Å². The average Bonchev–Trinajstić information content (AvgIpc) is 3.21. The van der Waals surface area contributed by atoms with Gasteiger partial charge in [-0.2, -0.15) is 4.98 Å². The number of imidazole rings is 2. The molecule has 3 heterocycles. The van der Waals surface area contributed by atoms with E-state index in [1.54, 1.807) is 10.9 Å². The maximum atomic E-state index is 12.6. The highest BCUT2D eigenvalue weighted by Gasteiger charge is 2.21. The summed E-state index contributed by atoms with van der Waals surface area (Å²) in [6.45, 7) is 2.99. The van der Waals surface area contributed by atoms with E-state index in [1.807, 2.05) is 60.0 Å². The lowest BCUT2D eigenvalue weighted by atomic mass is 10.1. The van der Waals surface area contributed by atoms with Gasteiger partial charge in [-0.05, 0) is 30.2 Å². The Kier molecular flexibility index (Phi) is 4.52. The molecule has 0 saturated heterocycles. The van der Waals surface area contributed by atoms with Gasteiger partial charge in [-0.1, -0.05) is 53.6 Å². The first-order valence-corrected chi connectivity index (χ1v) is 9.83. The number of hydrogen-bond acceptors (Lipinski definition) is 5. The van der Waals surface area contributed by atoms with Gasteiger partial charge in [0, 0.05) is 5.02 Å². The van der Waals surface area contributed by atoms with E-state index in [4.69, 9.17) is 11.6 Å². The topological polar surface area (TPSA) is 78.5 Å². The maximum absolute atomic E-state index is 12.6. The predicted molar refractivity (Wildman–Crippen MR) is 115 cm³/mol. The summed E-state index contributed by atoms with van der Waals surface area (Å²) in [5.74, 6) is 0.472. The predicted octanol–water partition coefficient (Wildman–Crippen LogP) is 3.55. The molecule has 0 aliphatic carbocycles. The van der Waals surface area contributed by atoms with Gasteiger partial charge in [-0.3, -0.25) is 4.57 Å². The minimum Gasteiger partial charge on any atom is -0.311 e. The summed E-state index contributed by atoms with van der Waals surface area (Å²) < 4.78 is 3.46. The SMILES string of the molecule is Cc1ccc(Cn2c3ncnc4c(ncn4Cc4ccc(Cl)cc4)c-3nc2=O)cc1. The number of aryl methyl sites for hydroxylation is 1. The van der Waals surface area contributed by atoms with Gasteiger partial charge in [-0.25, -0.2) is 19.7 Å². The largest absolute Gasteiger partial charge is 0.350 e. The molecule has 1 aromatic heterocycles. The van der Waals surface area contributed by atoms with Crippen LogP contribution in [-0.4, -0.2) is 29.1 Å². The van der Waals surface area contributed by atoms with E-state index >= 15 is 0 Å². The van der Waals surface area contributed by atoms with E-state index in [0.717, 1.165) is 11.1 Å². The number of rotatable bonds is 4. The van der Waals surface area contributed by atoms with Gasteiger partial charge in [0.1, 0.15) is 17.5 Å². The Morgan fingerprint density at radius 2 is 1.60 bits per heavy atom. The molecule has 2 aromatic carbocycles. The number of aromatic nitrogens is 6. The molecule has 8 heteroatoms. The van der Waals surface area contributed by atoms with Crippen molar-refractivity contribution < 1.29 is 0 Å². The van der Waals surface area contributed by atoms with Crippen molar-refractivity contribution in [2.75, 3.05) is 0 Å². The first kappa shape index (κ1) is 18.4. The number of benzene rings is 2. The van der Waals surface area contributed by atoms with Gasteiger partial charge >= 0.3 is 5.69 Å². The van der Waals surface area contributed by atoms with Gasteiger partial charge in [0.15, 0.2) is 11.5 Å². The normalized spacial score (nSPS) is 11.4. The molecule has 3 aromatic rings. The second-order valence-electron chi connectivity index (χ2n) is 7.18. The Balaban J connectivity index is 1.56. The zero-order valence-electron chi connectivity index (χ0n) is 16.2. The number of halogens is 1. The fourth-order valence-electron chi connectivity index (χ4n) is 3.45. The first-order valence-electron chi connectivity index (χ1n) is 9.45. The fraction of sp³-hybridized carbons (Fsp3) is 0.136. The summed E-state index contributed by atoms with van der Waals surface area (Å²) in [7, 11) is 0. The van der Waals surface area contributed by atoms with Crippen LogP contribution >= 0.6 is 11.6 Å². The quantitative estimate of drug-likeness (QED) is 0.447. The molecule has 148 valence electrons. The van der Waals surface area contributed by atoms with E-state index in [1.165, 1.54) is 11.9 Å². The van der Waals surface area contributed by atoms with Crippen LogP contribution in [0.5, 0.6) is 0 Å². The standard InChI is InChI=1S/C22H17ClN6O/c1-14-2-4-16(5-3-14)11-29-21-19(27-22(29)30)18-20(24-12-25-21)28(13-26-18)10-15-6-8-17(23)9-7-15/h2-9,12-13H,10-11H2,1H3. The summed E-state index contributed by atoms with van der Waals surface area (Å²) in [5, 5.41) is 0.687. The van der Waals surface area contributed by atoms with Crippen molar-refractivity contribution in [2.45, 2.75) is 20.0 Å². The molecular weight excluding hydrogens is 400 g/mol. The van der Waals surface area contributed by atoms with Crippen LogP contribution < -0.4 is 5.69 Å². The van der Waals surface area contributed by atoms with E-state index < -0.39 is 0 Å². The lowest BCUT2D eigenvalue weighted by molar-refractivity contribution is 0.758. The first-order chi connectivity index (χ1) is 14.6. The number of hydrogen-bond donors (Lipinski definition) is 0. The molecule has 7 nitrogen and oxygen atoms in total. The third kappa shape index (κ3) is 3.33. The molecule has 0 unspecified atom stereocenters. The van der Waals surface area contributed by atoms with Crippen molar-refractivity contribution in [1.29, 1.82) is 0 Å². The third-order valence-electron chi connectivity index (χ3n) is 5.03. The summed E-state index contributed by atoms with van der Waals surface area (Å²) in [4.78, 5) is 30.2. The van der Waals surface area contributed by atoms with Crippen molar-refractivity contribution in [2.24, 2.45) is 0 Å². The Hall–Kier alpha value is -3.58. The Morgan fingerprint density at radius 3 is 2.37 bits per heavy atom. The molecule has 0 N–H and O–H groups in total. The summed E-state index contributed by atoms with van der Waals surface area (Å²) >= 11 is 5.97. The highest BCUT2D eigenvalue weighted by molar-refractivity contribution is 6.30. The van der Waals surface area contributed by atoms with Crippen LogP contribution in [-0.2, 0) is 13.1 Å². The van der Waals surface area contributed by atoms with Gasteiger partial charge in [0.25, 0.3) is 0 Å². The zero-order chi connectivity index (χ0) is 20.7. The molecule has 0 bridgehead atoms. The third-order valence-corrected chi connectivity index (χ3v) is 5.28. The summed E-state index contributed by atoms with van der Waals surface area (Å²) in [5.41, 5.74) is 4.50. The Morgan fingerprint density at radius 1 is 0.900 bits per heavy atom. The van der Waals surface area contributed by atoms with Crippen molar-refractivity contribution in [3.05, 3.63) is 93.4 Å². The molecule has 0 radical (unpaired) electrons. The van der Waals surface area contributed by atoms with Crippen molar-refractivity contribution >= 4 is 22.8 Å². The summed E-state index contributed by atoms with van der Waals surface area (Å²) in [6.07, 6.45) is 3.16. The minimum absolute atomic E-state index is 0.349. The summed E-state index contributed by atoms with van der Waals surface area (Å²) in [6, 6.07) is 15.6. The van der Waals surface area contributed by atoms with Crippen molar-refractivity contribution in [1.82, 2.24) is 29.1 Å². The molecule has 5 rings (SSSR count). The Bertz CT molecular complexity index is 1370. The number of nitrogens with zero attached hydrogens (tertiary/aromatic N) is 6. The van der Waals surface area contributed by atoms with Gasteiger partial charge in [0.05, 0.1) is 19.4 Å². The molecule has 0 atom stereocenters. The van der Waals surface area contributed by atoms with Crippen molar-refractivity contribution in [3.8, 4) is 11.5 Å². The molecule has 30 heavy (non-hydrogen) atoms. The molecule has 0 fully saturated rings. The molecule has 0 amide bonds. The van der Waals surface area contributed by atoms with Crippen LogP contribution in [0, 0.1) is 6.92 Å². The second-order valence-corrected chi connectivity index (χ2v) is 7.62. The zero-order valence-corrected chi connectivity index (χ0v) is 16.9. The molecular formula is C22H17ClN6O. The van der Waals surface area contributed by atoms with E-state index in [2.05, 4.69) is 19.9 Å². The Labute approximate surface area is 177 Å². The number of fused-ring (bicyclic) bond motifs is 3. The average molecular weight is 417 g/mol. The van der Waals surface area contributed by atoms with Crippen LogP contribution in [0.2, 0.25) is 5.02 Å². The highest BCUT2D eigenvalue weighted by atomic mass is 35.5. The smallest absolute Gasteiger partial charge is 0.311 e. The molecule has 2 aliphatic rings. The molecule has 0 spiro atoms. The van der Waals surface area contributed by atoms with E-state index in [9.17, 15) is 4.79 Å². The van der Waals surface area contributed by atoms with Gasteiger partial charge in [-0.15, -0.1) is 0 Å². The van der Waals surface area contributed by atoms with Crippen molar-refractivity contribution in [3.63, 3.8) is 0 Å². The highest BCUT2D eigenvalue weighted by Crippen LogP contribution is 2.24. The second kappa shape index (κ2) is 7.35. The fourth-order valence-corrected chi connectivity index (χ4v) is 3.58. The molecule has 2 aliphatic heterocycles. The maximum Gasteiger partial charge on any atom is 0.350 e. The van der Waals surface area contributed by atoms with Crippen LogP contribution in [0.3, 0.4) is 0 Å². The van der Waals surface area contributed by atoms with E-state index in [0.29, 0.717) is 40.8 Å². The van der Waals surface area contributed by atoms with E-state index in [-0.39, 0.29) is 5.69 Å². The minimum atomic E-state index is -0.349. The monoisotopic (exact) mass is 416 g/mol. The van der Waals surface area contributed by atoms with Crippen LogP contribution in [0.25, 0.3) is 22.7 Å². The lowest BCUT2D eigenvalue weighted by Gasteiger charge is -2.04. The van der Waals surface area contributed by atoms with Gasteiger partial charge < -0.3 is 4.57 Å². The lowest BCUT2D eigenvalue weighted by Crippen LogP contribution is -2.17. The van der Waals surface area contributed by atoms with Crippen LogP contribution in [0.4, 0.5) is 0 Å².